The molecule has 1 saturated heterocycles. The van der Waals surface area contributed by atoms with Crippen molar-refractivity contribution in [2.75, 3.05) is 19.6 Å². The largest absolute Gasteiger partial charge is 0.444 e. The summed E-state index contributed by atoms with van der Waals surface area (Å²) in [6, 6.07) is 0. The smallest absolute Gasteiger partial charge is 0.407 e. The standard InChI is InChI=1S/C17H28F2N2O3/c1-11(12-5-6-12)13(22)21-8-7-17(10-21,14(18)19)9-20-15(23)24-16(2,3)4/h11-12,14H,5-10H2,1-4H3,(H,20,23). The molecule has 2 rings (SSSR count). The Morgan fingerprint density at radius 3 is 2.46 bits per heavy atom. The number of amides is 2. The third kappa shape index (κ3) is 4.57. The second-order valence-corrected chi connectivity index (χ2v) is 8.15. The molecule has 2 amide bonds. The summed E-state index contributed by atoms with van der Waals surface area (Å²) in [6.07, 6.45) is -1.05. The van der Waals surface area contributed by atoms with E-state index in [-0.39, 0.29) is 31.3 Å². The van der Waals surface area contributed by atoms with Crippen LogP contribution in [-0.2, 0) is 9.53 Å². The number of alkyl carbamates (subject to hydrolysis) is 1. The fourth-order valence-corrected chi connectivity index (χ4v) is 3.13. The summed E-state index contributed by atoms with van der Waals surface area (Å²) in [5, 5.41) is 2.45. The lowest BCUT2D eigenvalue weighted by atomic mass is 9.87. The first-order valence-electron chi connectivity index (χ1n) is 8.58. The fourth-order valence-electron chi connectivity index (χ4n) is 3.13. The first-order chi connectivity index (χ1) is 11.0. The maximum atomic E-state index is 13.7. The summed E-state index contributed by atoms with van der Waals surface area (Å²) in [7, 11) is 0. The highest BCUT2D eigenvalue weighted by molar-refractivity contribution is 5.79. The third-order valence-corrected chi connectivity index (χ3v) is 4.86. The van der Waals surface area contributed by atoms with E-state index in [2.05, 4.69) is 5.32 Å². The summed E-state index contributed by atoms with van der Waals surface area (Å²) < 4.78 is 32.4. The summed E-state index contributed by atoms with van der Waals surface area (Å²) in [5.41, 5.74) is -2.07. The minimum absolute atomic E-state index is 0.0175. The highest BCUT2D eigenvalue weighted by atomic mass is 19.3. The van der Waals surface area contributed by atoms with Gasteiger partial charge in [0.1, 0.15) is 5.60 Å². The Hall–Kier alpha value is -1.40. The number of carbonyl (C=O) groups is 2. The van der Waals surface area contributed by atoms with E-state index in [9.17, 15) is 18.4 Å². The van der Waals surface area contributed by atoms with Gasteiger partial charge in [-0.2, -0.15) is 0 Å². The molecule has 1 N–H and O–H groups in total. The zero-order valence-corrected chi connectivity index (χ0v) is 14.9. The number of ether oxygens (including phenoxy) is 1. The lowest BCUT2D eigenvalue weighted by Gasteiger charge is -2.30. The monoisotopic (exact) mass is 346 g/mol. The number of halogens is 2. The predicted molar refractivity (Wildman–Crippen MR) is 85.8 cm³/mol. The molecule has 2 atom stereocenters. The molecule has 1 aliphatic heterocycles. The Labute approximate surface area is 142 Å². The summed E-state index contributed by atoms with van der Waals surface area (Å²) in [6.45, 7) is 7.12. The average Bonchev–Trinajstić information content (AvgIpc) is 3.21. The molecule has 1 saturated carbocycles. The van der Waals surface area contributed by atoms with Crippen LogP contribution in [0, 0.1) is 17.3 Å². The number of hydrogen-bond acceptors (Lipinski definition) is 3. The summed E-state index contributed by atoms with van der Waals surface area (Å²) in [4.78, 5) is 25.7. The second kappa shape index (κ2) is 6.84. The van der Waals surface area contributed by atoms with Gasteiger partial charge in [0.25, 0.3) is 0 Å². The van der Waals surface area contributed by atoms with E-state index in [1.807, 2.05) is 6.92 Å². The molecule has 2 aliphatic rings. The van der Waals surface area contributed by atoms with Crippen LogP contribution in [0.4, 0.5) is 13.6 Å². The Kier molecular flexibility index (Phi) is 5.40. The van der Waals surface area contributed by atoms with Gasteiger partial charge in [-0.3, -0.25) is 4.79 Å². The van der Waals surface area contributed by atoms with Gasteiger partial charge in [0, 0.05) is 25.6 Å². The molecule has 138 valence electrons. The van der Waals surface area contributed by atoms with Crippen molar-refractivity contribution in [2.45, 2.75) is 59.0 Å². The Balaban J connectivity index is 1.94. The van der Waals surface area contributed by atoms with E-state index >= 15 is 0 Å². The number of alkyl halides is 2. The van der Waals surface area contributed by atoms with Crippen molar-refractivity contribution < 1.29 is 23.1 Å². The number of rotatable bonds is 5. The molecular formula is C17H28F2N2O3. The summed E-state index contributed by atoms with van der Waals surface area (Å²) >= 11 is 0. The SMILES string of the molecule is CC(C(=O)N1CCC(CNC(=O)OC(C)(C)C)(C(F)F)C1)C1CC1. The van der Waals surface area contributed by atoms with Crippen LogP contribution in [-0.4, -0.2) is 48.6 Å². The highest BCUT2D eigenvalue weighted by Gasteiger charge is 2.49. The van der Waals surface area contributed by atoms with E-state index in [0.29, 0.717) is 12.5 Å². The lowest BCUT2D eigenvalue weighted by molar-refractivity contribution is -0.135. The van der Waals surface area contributed by atoms with Crippen molar-refractivity contribution >= 4 is 12.0 Å². The number of nitrogens with one attached hydrogen (secondary N) is 1. The van der Waals surface area contributed by atoms with E-state index in [1.54, 1.807) is 20.8 Å². The van der Waals surface area contributed by atoms with Crippen LogP contribution in [0.1, 0.15) is 47.0 Å². The average molecular weight is 346 g/mol. The highest BCUT2D eigenvalue weighted by Crippen LogP contribution is 2.41. The molecule has 2 unspecified atom stereocenters. The van der Waals surface area contributed by atoms with Crippen molar-refractivity contribution in [3.05, 3.63) is 0 Å². The quantitative estimate of drug-likeness (QED) is 0.832. The first kappa shape index (κ1) is 18.9. The van der Waals surface area contributed by atoms with Gasteiger partial charge in [-0.15, -0.1) is 0 Å². The molecule has 5 nitrogen and oxygen atoms in total. The third-order valence-electron chi connectivity index (χ3n) is 4.86. The number of carbonyl (C=O) groups excluding carboxylic acids is 2. The molecule has 1 heterocycles. The molecule has 24 heavy (non-hydrogen) atoms. The van der Waals surface area contributed by atoms with E-state index in [4.69, 9.17) is 4.74 Å². The molecule has 1 aliphatic carbocycles. The zero-order chi connectivity index (χ0) is 18.1. The molecule has 7 heteroatoms. The van der Waals surface area contributed by atoms with Crippen molar-refractivity contribution in [3.8, 4) is 0 Å². The molecule has 0 radical (unpaired) electrons. The van der Waals surface area contributed by atoms with Gasteiger partial charge in [-0.05, 0) is 46.0 Å². The Morgan fingerprint density at radius 1 is 1.33 bits per heavy atom. The maximum absolute atomic E-state index is 13.7. The van der Waals surface area contributed by atoms with Gasteiger partial charge in [0.15, 0.2) is 0 Å². The first-order valence-corrected chi connectivity index (χ1v) is 8.58. The number of likely N-dealkylation sites (tertiary alicyclic amines) is 1. The Bertz CT molecular complexity index is 489. The minimum atomic E-state index is -2.61. The van der Waals surface area contributed by atoms with Crippen LogP contribution in [0.2, 0.25) is 0 Å². The van der Waals surface area contributed by atoms with Crippen molar-refractivity contribution in [3.63, 3.8) is 0 Å². The maximum Gasteiger partial charge on any atom is 0.407 e. The van der Waals surface area contributed by atoms with Crippen molar-refractivity contribution in [2.24, 2.45) is 17.3 Å². The second-order valence-electron chi connectivity index (χ2n) is 8.15. The van der Waals surface area contributed by atoms with Crippen LogP contribution in [0.15, 0.2) is 0 Å². The van der Waals surface area contributed by atoms with Gasteiger partial charge in [-0.1, -0.05) is 6.92 Å². The fraction of sp³-hybridized carbons (Fsp3) is 0.882. The van der Waals surface area contributed by atoms with Gasteiger partial charge < -0.3 is 15.0 Å². The van der Waals surface area contributed by atoms with Crippen LogP contribution in [0.3, 0.4) is 0 Å². The van der Waals surface area contributed by atoms with Crippen LogP contribution >= 0.6 is 0 Å². The van der Waals surface area contributed by atoms with Crippen LogP contribution < -0.4 is 5.32 Å². The molecule has 0 spiro atoms. The van der Waals surface area contributed by atoms with Crippen molar-refractivity contribution in [1.82, 2.24) is 10.2 Å². The van der Waals surface area contributed by atoms with Gasteiger partial charge in [0.05, 0.1) is 5.41 Å². The molecule has 0 aromatic rings. The molecule has 0 aromatic carbocycles. The summed E-state index contributed by atoms with van der Waals surface area (Å²) in [5.74, 6) is 0.258. The lowest BCUT2D eigenvalue weighted by Crippen LogP contribution is -2.46. The van der Waals surface area contributed by atoms with Gasteiger partial charge in [-0.25, -0.2) is 13.6 Å². The topological polar surface area (TPSA) is 58.6 Å². The number of hydrogen-bond donors (Lipinski definition) is 1. The van der Waals surface area contributed by atoms with Crippen molar-refractivity contribution in [1.29, 1.82) is 0 Å². The van der Waals surface area contributed by atoms with Crippen LogP contribution in [0.5, 0.6) is 0 Å². The van der Waals surface area contributed by atoms with Crippen LogP contribution in [0.25, 0.3) is 0 Å². The molecule has 0 aromatic heterocycles. The van der Waals surface area contributed by atoms with E-state index < -0.39 is 23.5 Å². The molecular weight excluding hydrogens is 318 g/mol. The Morgan fingerprint density at radius 2 is 1.96 bits per heavy atom. The normalized spacial score (nSPS) is 25.7. The zero-order valence-electron chi connectivity index (χ0n) is 14.9. The molecule has 0 bridgehead atoms. The number of nitrogens with zero attached hydrogens (tertiary/aromatic N) is 1. The predicted octanol–water partition coefficient (Wildman–Crippen LogP) is 3.04. The van der Waals surface area contributed by atoms with E-state index in [0.717, 1.165) is 12.8 Å². The van der Waals surface area contributed by atoms with Gasteiger partial charge >= 0.3 is 6.09 Å². The van der Waals surface area contributed by atoms with Gasteiger partial charge in [0.2, 0.25) is 12.3 Å². The van der Waals surface area contributed by atoms with E-state index in [1.165, 1.54) is 4.90 Å². The molecule has 2 fully saturated rings. The minimum Gasteiger partial charge on any atom is -0.444 e.